The molecule has 0 spiro atoms. The number of nitrogens with zero attached hydrogens (tertiary/aromatic N) is 2. The number of aromatic hydroxyl groups is 1. The van der Waals surface area contributed by atoms with E-state index in [0.717, 1.165) is 37.0 Å². The number of fused-ring (bicyclic) bond motifs is 1. The number of piperidine rings is 1. The zero-order valence-electron chi connectivity index (χ0n) is 20.0. The molecule has 0 aliphatic carbocycles. The fourth-order valence-corrected chi connectivity index (χ4v) is 6.50. The zero-order chi connectivity index (χ0) is 25.1. The summed E-state index contributed by atoms with van der Waals surface area (Å²) in [6.07, 6.45) is 3.40. The molecule has 1 unspecified atom stereocenters. The predicted octanol–water partition coefficient (Wildman–Crippen LogP) is 5.40. The predicted molar refractivity (Wildman–Crippen MR) is 139 cm³/mol. The highest BCUT2D eigenvalue weighted by atomic mass is 79.9. The van der Waals surface area contributed by atoms with Crippen molar-refractivity contribution in [1.82, 2.24) is 9.47 Å². The van der Waals surface area contributed by atoms with Crippen molar-refractivity contribution in [1.29, 1.82) is 0 Å². The number of hydrogen-bond donors (Lipinski definition) is 1. The molecule has 0 amide bonds. The van der Waals surface area contributed by atoms with E-state index in [4.69, 9.17) is 4.74 Å². The Morgan fingerprint density at radius 3 is 2.51 bits per heavy atom. The number of ether oxygens (including phenoxy) is 1. The summed E-state index contributed by atoms with van der Waals surface area (Å²) >= 11 is 3.48. The standard InChI is InChI=1S/C26H30BrFN2O4S/c1-3-34-26(32)24-22(16-35(33)15-17-7-9-18(28)10-8-17)29(2)21-13-20(27)25(31)19(23(21)24)14-30-11-5-4-6-12-30/h7-10,13,31H,3-6,11-12,14-16H2,1-2H3. The van der Waals surface area contributed by atoms with Crippen molar-refractivity contribution in [3.05, 3.63) is 63.0 Å². The molecule has 0 radical (unpaired) electrons. The molecule has 2 aromatic carbocycles. The summed E-state index contributed by atoms with van der Waals surface area (Å²) in [5.41, 5.74) is 3.14. The van der Waals surface area contributed by atoms with E-state index in [2.05, 4.69) is 20.8 Å². The van der Waals surface area contributed by atoms with Crippen molar-refractivity contribution in [3.8, 4) is 5.75 Å². The van der Waals surface area contributed by atoms with Gasteiger partial charge in [-0.25, -0.2) is 9.18 Å². The monoisotopic (exact) mass is 564 g/mol. The van der Waals surface area contributed by atoms with Gasteiger partial charge >= 0.3 is 5.97 Å². The molecule has 6 nitrogen and oxygen atoms in total. The highest BCUT2D eigenvalue weighted by Gasteiger charge is 2.29. The van der Waals surface area contributed by atoms with E-state index < -0.39 is 16.8 Å². The van der Waals surface area contributed by atoms with Gasteiger partial charge in [0.2, 0.25) is 0 Å². The van der Waals surface area contributed by atoms with Crippen LogP contribution in [0.1, 0.15) is 53.4 Å². The number of benzene rings is 2. The molecule has 1 aliphatic rings. The van der Waals surface area contributed by atoms with Crippen molar-refractivity contribution in [2.24, 2.45) is 7.05 Å². The fraction of sp³-hybridized carbons (Fsp3) is 0.423. The lowest BCUT2D eigenvalue weighted by atomic mass is 10.0. The summed E-state index contributed by atoms with van der Waals surface area (Å²) in [4.78, 5) is 15.5. The molecule has 1 aliphatic heterocycles. The Balaban J connectivity index is 1.80. The Morgan fingerprint density at radius 2 is 1.86 bits per heavy atom. The minimum absolute atomic E-state index is 0.109. The summed E-state index contributed by atoms with van der Waals surface area (Å²) in [5, 5.41) is 11.7. The molecule has 188 valence electrons. The normalized spacial score (nSPS) is 15.4. The summed E-state index contributed by atoms with van der Waals surface area (Å²) < 4.78 is 34.3. The van der Waals surface area contributed by atoms with Gasteiger partial charge in [0.15, 0.2) is 0 Å². The lowest BCUT2D eigenvalue weighted by Crippen LogP contribution is -2.29. The van der Waals surface area contributed by atoms with Crippen LogP contribution in [0, 0.1) is 5.82 Å². The minimum Gasteiger partial charge on any atom is -0.506 e. The molecule has 1 saturated heterocycles. The average Bonchev–Trinajstić information content (AvgIpc) is 3.10. The number of halogens is 2. The molecule has 0 bridgehead atoms. The number of aromatic nitrogens is 1. The van der Waals surface area contributed by atoms with Gasteiger partial charge in [0, 0.05) is 46.8 Å². The molecule has 1 aromatic heterocycles. The van der Waals surface area contributed by atoms with Crippen molar-refractivity contribution in [3.63, 3.8) is 0 Å². The maximum atomic E-state index is 13.3. The number of carbonyl (C=O) groups is 1. The maximum Gasteiger partial charge on any atom is 0.340 e. The third-order valence-electron chi connectivity index (χ3n) is 6.49. The second kappa shape index (κ2) is 11.2. The highest BCUT2D eigenvalue weighted by molar-refractivity contribution is 9.10. The molecule has 35 heavy (non-hydrogen) atoms. The Bertz CT molecular complexity index is 1250. The topological polar surface area (TPSA) is 71.8 Å². The van der Waals surface area contributed by atoms with E-state index in [0.29, 0.717) is 33.2 Å². The number of likely N-dealkylation sites (tertiary alicyclic amines) is 1. The largest absolute Gasteiger partial charge is 0.506 e. The van der Waals surface area contributed by atoms with E-state index in [9.17, 15) is 18.5 Å². The van der Waals surface area contributed by atoms with E-state index in [1.165, 1.54) is 18.6 Å². The van der Waals surface area contributed by atoms with Gasteiger partial charge < -0.3 is 14.4 Å². The van der Waals surface area contributed by atoms with Gasteiger partial charge in [0.25, 0.3) is 0 Å². The van der Waals surface area contributed by atoms with Crippen LogP contribution in [0.2, 0.25) is 0 Å². The lowest BCUT2D eigenvalue weighted by Gasteiger charge is -2.27. The van der Waals surface area contributed by atoms with Crippen LogP contribution >= 0.6 is 15.9 Å². The highest BCUT2D eigenvalue weighted by Crippen LogP contribution is 2.40. The number of phenols is 1. The van der Waals surface area contributed by atoms with Gasteiger partial charge in [0.05, 0.1) is 27.9 Å². The van der Waals surface area contributed by atoms with Crippen molar-refractivity contribution in [2.75, 3.05) is 19.7 Å². The molecule has 1 N–H and O–H groups in total. The van der Waals surface area contributed by atoms with E-state index in [1.807, 2.05) is 11.6 Å². The molecule has 3 aromatic rings. The fourth-order valence-electron chi connectivity index (χ4n) is 4.74. The lowest BCUT2D eigenvalue weighted by molar-refractivity contribution is 0.0527. The first-order valence-electron chi connectivity index (χ1n) is 11.8. The Kier molecular flexibility index (Phi) is 8.29. The van der Waals surface area contributed by atoms with Gasteiger partial charge in [-0.05, 0) is 72.5 Å². The number of rotatable bonds is 8. The second-order valence-electron chi connectivity index (χ2n) is 8.87. The Labute approximate surface area is 215 Å². The molecular weight excluding hydrogens is 535 g/mol. The van der Waals surface area contributed by atoms with Gasteiger partial charge in [-0.15, -0.1) is 0 Å². The maximum absolute atomic E-state index is 13.3. The number of hydrogen-bond acceptors (Lipinski definition) is 5. The third-order valence-corrected chi connectivity index (χ3v) is 8.34. The molecule has 4 rings (SSSR count). The number of esters is 1. The van der Waals surface area contributed by atoms with Crippen LogP contribution in [0.5, 0.6) is 5.75 Å². The summed E-state index contributed by atoms with van der Waals surface area (Å²) in [6, 6.07) is 7.72. The van der Waals surface area contributed by atoms with E-state index in [-0.39, 0.29) is 29.7 Å². The van der Waals surface area contributed by atoms with Gasteiger partial charge in [-0.2, -0.15) is 0 Å². The van der Waals surface area contributed by atoms with E-state index >= 15 is 0 Å². The Hall–Kier alpha value is -2.23. The van der Waals surface area contributed by atoms with Gasteiger partial charge in [0.1, 0.15) is 11.6 Å². The minimum atomic E-state index is -1.36. The summed E-state index contributed by atoms with van der Waals surface area (Å²) in [7, 11) is 0.481. The number of aryl methyl sites for hydroxylation is 1. The van der Waals surface area contributed by atoms with Crippen LogP contribution in [0.4, 0.5) is 4.39 Å². The average molecular weight is 566 g/mol. The molecule has 1 atom stereocenters. The summed E-state index contributed by atoms with van der Waals surface area (Å²) in [6.45, 7) is 4.33. The smallest absolute Gasteiger partial charge is 0.340 e. The van der Waals surface area contributed by atoms with Crippen molar-refractivity contribution >= 4 is 43.6 Å². The van der Waals surface area contributed by atoms with Crippen molar-refractivity contribution < 1.29 is 23.2 Å². The zero-order valence-corrected chi connectivity index (χ0v) is 22.4. The first-order valence-corrected chi connectivity index (χ1v) is 14.1. The SMILES string of the molecule is CCOC(=O)c1c(CS(=O)Cc2ccc(F)cc2)n(C)c2cc(Br)c(O)c(CN3CCCCC3)c12. The quantitative estimate of drug-likeness (QED) is 0.371. The van der Waals surface area contributed by atoms with Gasteiger partial charge in [-0.1, -0.05) is 18.6 Å². The Morgan fingerprint density at radius 1 is 1.17 bits per heavy atom. The van der Waals surface area contributed by atoms with Crippen LogP contribution in [0.15, 0.2) is 34.8 Å². The second-order valence-corrected chi connectivity index (χ2v) is 11.2. The summed E-state index contributed by atoms with van der Waals surface area (Å²) in [5.74, 6) is -0.367. The van der Waals surface area contributed by atoms with E-state index in [1.54, 1.807) is 25.1 Å². The molecule has 9 heteroatoms. The molecule has 0 saturated carbocycles. The van der Waals surface area contributed by atoms with Crippen LogP contribution in [-0.2, 0) is 40.6 Å². The number of carbonyl (C=O) groups excluding carboxylic acids is 1. The third kappa shape index (κ3) is 5.62. The first kappa shape index (κ1) is 25.9. The molecule has 2 heterocycles. The molecule has 1 fully saturated rings. The van der Waals surface area contributed by atoms with Crippen molar-refractivity contribution in [2.45, 2.75) is 44.2 Å². The van der Waals surface area contributed by atoms with Crippen LogP contribution in [0.3, 0.4) is 0 Å². The molecular formula is C26H30BrFN2O4S. The van der Waals surface area contributed by atoms with Crippen LogP contribution in [-0.4, -0.2) is 44.4 Å². The number of phenolic OH excluding ortho intramolecular Hbond substituents is 1. The van der Waals surface area contributed by atoms with Gasteiger partial charge in [-0.3, -0.25) is 9.11 Å². The van der Waals surface area contributed by atoms with Crippen LogP contribution < -0.4 is 0 Å². The van der Waals surface area contributed by atoms with Crippen LogP contribution in [0.25, 0.3) is 10.9 Å². The first-order chi connectivity index (χ1) is 16.8.